The summed E-state index contributed by atoms with van der Waals surface area (Å²) in [6.07, 6.45) is 1.61. The molecule has 0 spiro atoms. The van der Waals surface area contributed by atoms with Gasteiger partial charge in [-0.2, -0.15) is 5.10 Å². The summed E-state index contributed by atoms with van der Waals surface area (Å²) in [6, 6.07) is 13.3. The third kappa shape index (κ3) is 3.43. The predicted molar refractivity (Wildman–Crippen MR) is 76.7 cm³/mol. The van der Waals surface area contributed by atoms with Crippen molar-refractivity contribution in [1.29, 1.82) is 0 Å². The first-order valence-electron chi connectivity index (χ1n) is 5.46. The van der Waals surface area contributed by atoms with Crippen molar-refractivity contribution in [3.63, 3.8) is 0 Å². The van der Waals surface area contributed by atoms with E-state index in [-0.39, 0.29) is 0 Å². The smallest absolute Gasteiger partial charge is 0.191 e. The first kappa shape index (κ1) is 12.3. The lowest BCUT2D eigenvalue weighted by Crippen LogP contribution is -2.24. The van der Waals surface area contributed by atoms with Crippen LogP contribution in [0.4, 0.5) is 5.69 Å². The lowest BCUT2D eigenvalue weighted by atomic mass is 10.3. The summed E-state index contributed by atoms with van der Waals surface area (Å²) in [5.74, 6) is 0.713. The van der Waals surface area contributed by atoms with Crippen molar-refractivity contribution >= 4 is 28.7 Å². The molecule has 0 atom stereocenters. The van der Waals surface area contributed by atoms with Crippen molar-refractivity contribution in [3.05, 3.63) is 54.5 Å². The number of nitrogens with zero attached hydrogens (tertiary/aromatic N) is 1. The lowest BCUT2D eigenvalue weighted by Gasteiger charge is -2.06. The van der Waals surface area contributed by atoms with Gasteiger partial charge in [0.1, 0.15) is 11.5 Å². The van der Waals surface area contributed by atoms with E-state index in [1.165, 1.54) is 0 Å². The van der Waals surface area contributed by atoms with Gasteiger partial charge in [0.25, 0.3) is 0 Å². The zero-order chi connectivity index (χ0) is 12.8. The van der Waals surface area contributed by atoms with E-state index in [9.17, 15) is 0 Å². The van der Waals surface area contributed by atoms with Crippen molar-refractivity contribution in [2.24, 2.45) is 5.10 Å². The summed E-state index contributed by atoms with van der Waals surface area (Å²) < 4.78 is 5.21. The van der Waals surface area contributed by atoms with Crippen molar-refractivity contribution in [1.82, 2.24) is 5.43 Å². The number of nitrogens with one attached hydrogen (secondary N) is 2. The maximum atomic E-state index is 5.21. The minimum atomic E-state index is 0.437. The van der Waals surface area contributed by atoms with Crippen molar-refractivity contribution < 1.29 is 4.42 Å². The molecule has 2 rings (SSSR count). The van der Waals surface area contributed by atoms with Gasteiger partial charge in [-0.1, -0.05) is 18.2 Å². The van der Waals surface area contributed by atoms with Crippen LogP contribution in [-0.2, 0) is 0 Å². The monoisotopic (exact) mass is 259 g/mol. The molecule has 18 heavy (non-hydrogen) atoms. The van der Waals surface area contributed by atoms with Gasteiger partial charge in [-0.3, -0.25) is 5.43 Å². The van der Waals surface area contributed by atoms with Crippen LogP contribution in [0.3, 0.4) is 0 Å². The Morgan fingerprint density at radius 1 is 1.17 bits per heavy atom. The highest BCUT2D eigenvalue weighted by Gasteiger charge is 2.00. The number of hydrogen-bond donors (Lipinski definition) is 2. The molecule has 0 aliphatic heterocycles. The van der Waals surface area contributed by atoms with E-state index >= 15 is 0 Å². The van der Waals surface area contributed by atoms with Crippen LogP contribution >= 0.6 is 12.2 Å². The summed E-state index contributed by atoms with van der Waals surface area (Å²) in [6.45, 7) is 1.84. The molecule has 5 heteroatoms. The van der Waals surface area contributed by atoms with Crippen LogP contribution in [-0.4, -0.2) is 10.8 Å². The third-order valence-corrected chi connectivity index (χ3v) is 2.43. The molecule has 1 aromatic carbocycles. The van der Waals surface area contributed by atoms with Gasteiger partial charge in [-0.15, -0.1) is 0 Å². The molecule has 92 valence electrons. The van der Waals surface area contributed by atoms with Crippen LogP contribution in [0.2, 0.25) is 0 Å². The molecule has 0 saturated carbocycles. The second kappa shape index (κ2) is 5.97. The predicted octanol–water partition coefficient (Wildman–Crippen LogP) is 2.99. The van der Waals surface area contributed by atoms with Crippen LogP contribution in [0, 0.1) is 0 Å². The van der Waals surface area contributed by atoms with E-state index in [4.69, 9.17) is 16.6 Å². The molecule has 0 amide bonds. The van der Waals surface area contributed by atoms with Crippen LogP contribution in [0.1, 0.15) is 12.7 Å². The van der Waals surface area contributed by atoms with Gasteiger partial charge in [0.05, 0.1) is 6.26 Å². The largest absolute Gasteiger partial charge is 0.463 e. The highest BCUT2D eigenvalue weighted by molar-refractivity contribution is 7.80. The van der Waals surface area contributed by atoms with Crippen molar-refractivity contribution in [2.75, 3.05) is 5.32 Å². The Morgan fingerprint density at radius 2 is 1.94 bits per heavy atom. The first-order chi connectivity index (χ1) is 8.75. The van der Waals surface area contributed by atoms with Gasteiger partial charge in [0.15, 0.2) is 5.11 Å². The number of para-hydroxylation sites is 1. The molecular formula is C13H13N3OS. The van der Waals surface area contributed by atoms with E-state index in [1.807, 2.05) is 49.4 Å². The Balaban J connectivity index is 1.91. The Bertz CT molecular complexity index is 535. The molecule has 1 heterocycles. The van der Waals surface area contributed by atoms with Gasteiger partial charge < -0.3 is 9.73 Å². The zero-order valence-electron chi connectivity index (χ0n) is 9.88. The number of benzene rings is 1. The van der Waals surface area contributed by atoms with E-state index in [2.05, 4.69) is 15.8 Å². The van der Waals surface area contributed by atoms with Crippen LogP contribution < -0.4 is 10.7 Å². The Labute approximate surface area is 111 Å². The second-order valence-corrected chi connectivity index (χ2v) is 4.01. The third-order valence-electron chi connectivity index (χ3n) is 2.23. The zero-order valence-corrected chi connectivity index (χ0v) is 10.7. The number of hydrogen-bond acceptors (Lipinski definition) is 3. The maximum absolute atomic E-state index is 5.21. The molecule has 0 saturated heterocycles. The molecule has 1 aromatic heterocycles. The van der Waals surface area contributed by atoms with Crippen LogP contribution in [0.5, 0.6) is 0 Å². The van der Waals surface area contributed by atoms with Gasteiger partial charge in [-0.25, -0.2) is 0 Å². The number of thiocarbonyl (C=S) groups is 1. The van der Waals surface area contributed by atoms with E-state index < -0.39 is 0 Å². The van der Waals surface area contributed by atoms with Crippen molar-refractivity contribution in [2.45, 2.75) is 6.92 Å². The standard InChI is InChI=1S/C13H13N3OS/c1-10(12-8-5-9-17-12)15-16-13(18)14-11-6-3-2-4-7-11/h2-9H,1H3,(H2,14,16,18). The summed E-state index contributed by atoms with van der Waals surface area (Å²) in [5.41, 5.74) is 4.42. The van der Waals surface area contributed by atoms with E-state index in [1.54, 1.807) is 6.26 Å². The molecule has 0 unspecified atom stereocenters. The quantitative estimate of drug-likeness (QED) is 0.505. The summed E-state index contributed by atoms with van der Waals surface area (Å²) in [7, 11) is 0. The molecule has 0 aliphatic carbocycles. The fourth-order valence-electron chi connectivity index (χ4n) is 1.35. The summed E-state index contributed by atoms with van der Waals surface area (Å²) in [5, 5.41) is 7.59. The average molecular weight is 259 g/mol. The normalized spacial score (nSPS) is 11.1. The lowest BCUT2D eigenvalue weighted by molar-refractivity contribution is 0.556. The fourth-order valence-corrected chi connectivity index (χ4v) is 1.52. The highest BCUT2D eigenvalue weighted by Crippen LogP contribution is 2.04. The summed E-state index contributed by atoms with van der Waals surface area (Å²) in [4.78, 5) is 0. The summed E-state index contributed by atoms with van der Waals surface area (Å²) >= 11 is 5.12. The van der Waals surface area contributed by atoms with Gasteiger partial charge in [-0.05, 0) is 43.4 Å². The molecule has 0 radical (unpaired) electrons. The molecule has 0 bridgehead atoms. The molecule has 0 fully saturated rings. The van der Waals surface area contributed by atoms with Crippen molar-refractivity contribution in [3.8, 4) is 0 Å². The van der Waals surface area contributed by atoms with E-state index in [0.717, 1.165) is 11.4 Å². The minimum Gasteiger partial charge on any atom is -0.463 e. The molecule has 4 nitrogen and oxygen atoms in total. The molecule has 2 aromatic rings. The number of rotatable bonds is 3. The first-order valence-corrected chi connectivity index (χ1v) is 5.87. The molecular weight excluding hydrogens is 246 g/mol. The second-order valence-electron chi connectivity index (χ2n) is 3.61. The number of hydrazone groups is 1. The van der Waals surface area contributed by atoms with Gasteiger partial charge in [0, 0.05) is 5.69 Å². The van der Waals surface area contributed by atoms with Gasteiger partial charge in [0.2, 0.25) is 0 Å². The van der Waals surface area contributed by atoms with E-state index in [0.29, 0.717) is 10.9 Å². The topological polar surface area (TPSA) is 49.6 Å². The van der Waals surface area contributed by atoms with Crippen LogP contribution in [0.15, 0.2) is 58.2 Å². The molecule has 2 N–H and O–H groups in total. The Kier molecular flexibility index (Phi) is 4.09. The number of anilines is 1. The SMILES string of the molecule is CC(=NNC(=S)Nc1ccccc1)c1ccco1. The number of furan rings is 1. The maximum Gasteiger partial charge on any atom is 0.191 e. The van der Waals surface area contributed by atoms with Gasteiger partial charge >= 0.3 is 0 Å². The minimum absolute atomic E-state index is 0.437. The molecule has 0 aliphatic rings. The Hall–Kier alpha value is -2.14. The average Bonchev–Trinajstić information content (AvgIpc) is 2.91. The highest BCUT2D eigenvalue weighted by atomic mass is 32.1. The fraction of sp³-hybridized carbons (Fsp3) is 0.0769. The van der Waals surface area contributed by atoms with Crippen LogP contribution in [0.25, 0.3) is 0 Å². The Morgan fingerprint density at radius 3 is 2.61 bits per heavy atom.